The highest BCUT2D eigenvalue weighted by Gasteiger charge is 2.21. The summed E-state index contributed by atoms with van der Waals surface area (Å²) in [5.41, 5.74) is 0. The van der Waals surface area contributed by atoms with Gasteiger partial charge in [-0.2, -0.15) is 0 Å². The van der Waals surface area contributed by atoms with Crippen LogP contribution in [0.3, 0.4) is 0 Å². The smallest absolute Gasteiger partial charge is 0.368 e. The van der Waals surface area contributed by atoms with Crippen molar-refractivity contribution >= 4 is 9.37 Å². The Labute approximate surface area is 79.2 Å². The molecule has 1 rings (SSSR count). The zero-order valence-electron chi connectivity index (χ0n) is 7.94. The molecule has 0 radical (unpaired) electrons. The van der Waals surface area contributed by atoms with Crippen molar-refractivity contribution in [3.63, 3.8) is 0 Å². The topological polar surface area (TPSA) is 9.23 Å². The van der Waals surface area contributed by atoms with Crippen LogP contribution in [0, 0.1) is 5.92 Å². The molecular weight excluding hydrogens is 197 g/mol. The predicted octanol–water partition coefficient (Wildman–Crippen LogP) is 2.90. The fourth-order valence-electron chi connectivity index (χ4n) is 1.41. The molecule has 1 fully saturated rings. The van der Waals surface area contributed by atoms with Crippen molar-refractivity contribution < 1.29 is 17.3 Å². The number of rotatable bonds is 2. The first kappa shape index (κ1) is 13.0. The molecule has 1 nitrogen and oxygen atoms in total. The van der Waals surface area contributed by atoms with Crippen molar-refractivity contribution in [2.75, 3.05) is 13.5 Å². The lowest BCUT2D eigenvalue weighted by atomic mass is 10.0. The minimum atomic E-state index is -2.16. The molecule has 0 aliphatic carbocycles. The van der Waals surface area contributed by atoms with E-state index in [1.165, 1.54) is 12.8 Å². The molecule has 0 aromatic heterocycles. The van der Waals surface area contributed by atoms with Crippen molar-refractivity contribution in [3.05, 3.63) is 0 Å². The van der Waals surface area contributed by atoms with Gasteiger partial charge < -0.3 is 4.43 Å². The van der Waals surface area contributed by atoms with Crippen molar-refractivity contribution in [2.24, 2.45) is 5.92 Å². The Bertz CT molecular complexity index is 108. The van der Waals surface area contributed by atoms with E-state index in [1.807, 2.05) is 0 Å². The van der Waals surface area contributed by atoms with Gasteiger partial charge in [0.1, 0.15) is 0 Å². The monoisotopic (exact) mass is 214 g/mol. The third kappa shape index (κ3) is 7.07. The Morgan fingerprint density at radius 3 is 2.46 bits per heavy atom. The molecule has 0 bridgehead atoms. The third-order valence-corrected chi connectivity index (χ3v) is 3.35. The molecule has 5 heteroatoms. The highest BCUT2D eigenvalue weighted by molar-refractivity contribution is 6.43. The molecule has 0 amide bonds. The van der Waals surface area contributed by atoms with Gasteiger partial charge in [0.15, 0.2) is 0 Å². The van der Waals surface area contributed by atoms with Gasteiger partial charge in [0.05, 0.1) is 0 Å². The number of halogens is 3. The molecule has 80 valence electrons. The van der Waals surface area contributed by atoms with E-state index in [4.69, 9.17) is 4.43 Å². The van der Waals surface area contributed by atoms with Gasteiger partial charge in [-0.15, -0.1) is 0 Å². The molecule has 0 aromatic carbocycles. The SMILES string of the molecule is CCCC1CC[SiH](F)OC1.FCF. The van der Waals surface area contributed by atoms with Crippen LogP contribution in [0.25, 0.3) is 0 Å². The third-order valence-electron chi connectivity index (χ3n) is 2.01. The first-order valence-electron chi connectivity index (χ1n) is 4.62. The van der Waals surface area contributed by atoms with Crippen LogP contribution in [0.4, 0.5) is 12.9 Å². The fraction of sp³-hybridized carbons (Fsp3) is 1.00. The van der Waals surface area contributed by atoms with Crippen LogP contribution in [0.15, 0.2) is 0 Å². The molecule has 0 aromatic rings. The summed E-state index contributed by atoms with van der Waals surface area (Å²) >= 11 is 0. The summed E-state index contributed by atoms with van der Waals surface area (Å²) in [5.74, 6) is 0.657. The Balaban J connectivity index is 0.000000424. The zero-order valence-corrected chi connectivity index (χ0v) is 9.09. The standard InChI is InChI=1S/C7H15FOSi.CH2F2/c1-2-3-7-4-5-10(8)9-6-7;2-1-3/h7,10H,2-6H2,1H3;1H2. The predicted molar refractivity (Wildman–Crippen MR) is 49.1 cm³/mol. The number of alkyl halides is 2. The average Bonchev–Trinajstić information content (AvgIpc) is 2.11. The van der Waals surface area contributed by atoms with Crippen molar-refractivity contribution in [3.8, 4) is 0 Å². The summed E-state index contributed by atoms with van der Waals surface area (Å²) < 4.78 is 36.8. The summed E-state index contributed by atoms with van der Waals surface area (Å²) in [6.07, 6.45) is 3.48. The summed E-state index contributed by atoms with van der Waals surface area (Å²) in [7, 11) is -2.16. The van der Waals surface area contributed by atoms with E-state index in [2.05, 4.69) is 6.92 Å². The van der Waals surface area contributed by atoms with Crippen LogP contribution in [-0.2, 0) is 4.43 Å². The van der Waals surface area contributed by atoms with E-state index in [9.17, 15) is 12.9 Å². The number of hydrogen-bond donors (Lipinski definition) is 0. The van der Waals surface area contributed by atoms with Crippen molar-refractivity contribution in [1.29, 1.82) is 0 Å². The van der Waals surface area contributed by atoms with Gasteiger partial charge in [-0.1, -0.05) is 13.3 Å². The highest BCUT2D eigenvalue weighted by Crippen LogP contribution is 2.21. The molecule has 2 atom stereocenters. The molecule has 0 saturated carbocycles. The second-order valence-electron chi connectivity index (χ2n) is 3.08. The lowest BCUT2D eigenvalue weighted by Crippen LogP contribution is -2.25. The highest BCUT2D eigenvalue weighted by atomic mass is 28.3. The quantitative estimate of drug-likeness (QED) is 0.507. The summed E-state index contributed by atoms with van der Waals surface area (Å²) in [5, 5.41) is 0. The Hall–Kier alpha value is -0.0331. The maximum Gasteiger partial charge on any atom is 0.368 e. The van der Waals surface area contributed by atoms with E-state index in [-0.39, 0.29) is 0 Å². The Morgan fingerprint density at radius 2 is 2.08 bits per heavy atom. The molecule has 1 saturated heterocycles. The normalized spacial score (nSPS) is 27.7. The zero-order chi connectivity index (χ0) is 10.1. The van der Waals surface area contributed by atoms with Crippen LogP contribution in [-0.4, -0.2) is 22.9 Å². The van der Waals surface area contributed by atoms with Crippen LogP contribution < -0.4 is 0 Å². The van der Waals surface area contributed by atoms with Gasteiger partial charge in [0.2, 0.25) is 6.93 Å². The summed E-state index contributed by atoms with van der Waals surface area (Å²) in [4.78, 5) is 0. The van der Waals surface area contributed by atoms with Crippen molar-refractivity contribution in [2.45, 2.75) is 32.2 Å². The van der Waals surface area contributed by atoms with Gasteiger partial charge in [-0.3, -0.25) is 4.11 Å². The lowest BCUT2D eigenvalue weighted by molar-refractivity contribution is 0.189. The number of hydrogen-bond acceptors (Lipinski definition) is 1. The van der Waals surface area contributed by atoms with Crippen LogP contribution in [0.5, 0.6) is 0 Å². The molecule has 13 heavy (non-hydrogen) atoms. The molecule has 1 heterocycles. The van der Waals surface area contributed by atoms with E-state index >= 15 is 0 Å². The van der Waals surface area contributed by atoms with Gasteiger partial charge in [0.25, 0.3) is 0 Å². The average molecular weight is 214 g/mol. The van der Waals surface area contributed by atoms with Crippen molar-refractivity contribution in [1.82, 2.24) is 0 Å². The van der Waals surface area contributed by atoms with E-state index in [0.717, 1.165) is 12.5 Å². The van der Waals surface area contributed by atoms with E-state index < -0.39 is 16.3 Å². The molecule has 1 aliphatic rings. The molecule has 2 unspecified atom stereocenters. The van der Waals surface area contributed by atoms with Crippen LogP contribution in [0.1, 0.15) is 26.2 Å². The second kappa shape index (κ2) is 8.56. The first-order chi connectivity index (χ1) is 6.24. The largest absolute Gasteiger partial charge is 0.393 e. The van der Waals surface area contributed by atoms with E-state index in [1.54, 1.807) is 0 Å². The molecular formula is C8H17F3OSi. The molecule has 0 N–H and O–H groups in total. The van der Waals surface area contributed by atoms with Gasteiger partial charge >= 0.3 is 9.37 Å². The van der Waals surface area contributed by atoms with E-state index in [0.29, 0.717) is 12.5 Å². The fourth-order valence-corrected chi connectivity index (χ4v) is 2.79. The minimum Gasteiger partial charge on any atom is -0.393 e. The Morgan fingerprint density at radius 1 is 1.46 bits per heavy atom. The molecule has 0 spiro atoms. The van der Waals surface area contributed by atoms with Gasteiger partial charge in [-0.25, -0.2) is 8.78 Å². The summed E-state index contributed by atoms with van der Waals surface area (Å²) in [6.45, 7) is 1.11. The minimum absolute atomic E-state index is 0.657. The maximum atomic E-state index is 12.5. The van der Waals surface area contributed by atoms with Gasteiger partial charge in [0, 0.05) is 6.61 Å². The van der Waals surface area contributed by atoms with Crippen LogP contribution >= 0.6 is 0 Å². The van der Waals surface area contributed by atoms with Crippen LogP contribution in [0.2, 0.25) is 6.04 Å². The lowest BCUT2D eigenvalue weighted by Gasteiger charge is -2.23. The first-order valence-corrected chi connectivity index (χ1v) is 6.34. The maximum absolute atomic E-state index is 12.5. The second-order valence-corrected chi connectivity index (χ2v) is 4.81. The van der Waals surface area contributed by atoms with Gasteiger partial charge in [-0.05, 0) is 24.8 Å². The summed E-state index contributed by atoms with van der Waals surface area (Å²) in [6, 6.07) is 0.741. The Kier molecular flexibility index (Phi) is 8.54. The molecule has 1 aliphatic heterocycles.